The number of amides is 2. The van der Waals surface area contributed by atoms with E-state index in [0.717, 1.165) is 32.1 Å². The molecule has 1 saturated carbocycles. The van der Waals surface area contributed by atoms with Crippen molar-refractivity contribution in [1.29, 1.82) is 0 Å². The van der Waals surface area contributed by atoms with Gasteiger partial charge in [0.2, 0.25) is 11.8 Å². The van der Waals surface area contributed by atoms with Gasteiger partial charge in [0.15, 0.2) is 0 Å². The second-order valence-corrected chi connectivity index (χ2v) is 7.23. The maximum absolute atomic E-state index is 12.7. The van der Waals surface area contributed by atoms with E-state index in [9.17, 15) is 9.59 Å². The molecule has 0 aromatic heterocycles. The first kappa shape index (κ1) is 14.4. The van der Waals surface area contributed by atoms with Gasteiger partial charge in [-0.2, -0.15) is 0 Å². The lowest BCUT2D eigenvalue weighted by Crippen LogP contribution is -2.67. The Bertz CT molecular complexity index is 365. The molecule has 108 valence electrons. The van der Waals surface area contributed by atoms with Crippen LogP contribution in [0.2, 0.25) is 0 Å². The molecule has 1 saturated heterocycles. The summed E-state index contributed by atoms with van der Waals surface area (Å²) in [7, 11) is 0. The second-order valence-electron chi connectivity index (χ2n) is 7.23. The van der Waals surface area contributed by atoms with Gasteiger partial charge in [0.05, 0.1) is 6.54 Å². The number of hydrogen-bond acceptors (Lipinski definition) is 2. The van der Waals surface area contributed by atoms with Crippen molar-refractivity contribution in [2.75, 3.05) is 13.1 Å². The van der Waals surface area contributed by atoms with Crippen molar-refractivity contribution < 1.29 is 9.59 Å². The Balaban J connectivity index is 2.07. The molecule has 0 bridgehead atoms. The fraction of sp³-hybridized carbons (Fsp3) is 0.867. The Hall–Kier alpha value is -1.06. The third-order valence-electron chi connectivity index (χ3n) is 4.25. The number of piperazine rings is 1. The van der Waals surface area contributed by atoms with Gasteiger partial charge in [-0.25, -0.2) is 0 Å². The quantitative estimate of drug-likeness (QED) is 0.832. The average molecular weight is 266 g/mol. The van der Waals surface area contributed by atoms with E-state index in [2.05, 4.69) is 26.1 Å². The molecule has 1 aliphatic carbocycles. The molecule has 2 fully saturated rings. The summed E-state index contributed by atoms with van der Waals surface area (Å²) in [4.78, 5) is 26.4. The van der Waals surface area contributed by atoms with Crippen molar-refractivity contribution in [3.8, 4) is 0 Å². The maximum atomic E-state index is 12.7. The Kier molecular flexibility index (Phi) is 3.88. The molecule has 0 atom stereocenters. The minimum Gasteiger partial charge on any atom is -0.340 e. The van der Waals surface area contributed by atoms with Gasteiger partial charge in [-0.05, 0) is 24.7 Å². The Labute approximate surface area is 115 Å². The molecule has 0 unspecified atom stereocenters. The predicted molar refractivity (Wildman–Crippen MR) is 74.6 cm³/mol. The number of nitrogens with one attached hydrogen (secondary N) is 1. The van der Waals surface area contributed by atoms with Gasteiger partial charge in [-0.1, -0.05) is 40.0 Å². The minimum atomic E-state index is -0.578. The van der Waals surface area contributed by atoms with Gasteiger partial charge in [0.25, 0.3) is 0 Å². The zero-order valence-corrected chi connectivity index (χ0v) is 12.4. The van der Waals surface area contributed by atoms with Crippen molar-refractivity contribution in [3.05, 3.63) is 0 Å². The number of rotatable bonds is 2. The molecule has 19 heavy (non-hydrogen) atoms. The first-order chi connectivity index (χ1) is 8.82. The van der Waals surface area contributed by atoms with E-state index in [1.54, 1.807) is 4.90 Å². The zero-order valence-electron chi connectivity index (χ0n) is 12.4. The lowest BCUT2D eigenvalue weighted by Gasteiger charge is -2.44. The van der Waals surface area contributed by atoms with Crippen LogP contribution >= 0.6 is 0 Å². The van der Waals surface area contributed by atoms with E-state index in [-0.39, 0.29) is 23.8 Å². The third-order valence-corrected chi connectivity index (χ3v) is 4.25. The van der Waals surface area contributed by atoms with E-state index < -0.39 is 5.54 Å². The van der Waals surface area contributed by atoms with Crippen molar-refractivity contribution in [1.82, 2.24) is 10.2 Å². The van der Waals surface area contributed by atoms with E-state index in [1.807, 2.05) is 0 Å². The van der Waals surface area contributed by atoms with E-state index >= 15 is 0 Å². The van der Waals surface area contributed by atoms with Crippen LogP contribution in [0.4, 0.5) is 0 Å². The molecule has 0 aromatic carbocycles. The molecule has 4 nitrogen and oxygen atoms in total. The van der Waals surface area contributed by atoms with Gasteiger partial charge in [-0.15, -0.1) is 0 Å². The molecule has 2 aliphatic rings. The monoisotopic (exact) mass is 266 g/mol. The molecule has 1 spiro atoms. The van der Waals surface area contributed by atoms with Crippen LogP contribution in [0.3, 0.4) is 0 Å². The lowest BCUT2D eigenvalue weighted by molar-refractivity contribution is -0.151. The summed E-state index contributed by atoms with van der Waals surface area (Å²) in [6.07, 6.45) is 5.81. The van der Waals surface area contributed by atoms with E-state index in [0.29, 0.717) is 6.54 Å². The molecule has 1 aliphatic heterocycles. The molecule has 1 heterocycles. The summed E-state index contributed by atoms with van der Waals surface area (Å²) in [5.41, 5.74) is -0.389. The van der Waals surface area contributed by atoms with Crippen LogP contribution in [-0.4, -0.2) is 35.3 Å². The zero-order chi connectivity index (χ0) is 14.1. The highest BCUT2D eigenvalue weighted by Gasteiger charge is 2.46. The topological polar surface area (TPSA) is 49.4 Å². The molecule has 0 aromatic rings. The summed E-state index contributed by atoms with van der Waals surface area (Å²) < 4.78 is 0. The highest BCUT2D eigenvalue weighted by atomic mass is 16.2. The number of carbonyl (C=O) groups is 2. The number of nitrogens with zero attached hydrogens (tertiary/aromatic N) is 1. The van der Waals surface area contributed by atoms with Gasteiger partial charge in [0, 0.05) is 6.54 Å². The normalized spacial score (nSPS) is 23.6. The van der Waals surface area contributed by atoms with Crippen LogP contribution in [0, 0.1) is 5.41 Å². The molecule has 2 rings (SSSR count). The first-order valence-electron chi connectivity index (χ1n) is 7.43. The lowest BCUT2D eigenvalue weighted by atomic mass is 9.79. The fourth-order valence-corrected chi connectivity index (χ4v) is 3.05. The average Bonchev–Trinajstić information content (AvgIpc) is 2.32. The molecular formula is C15H26N2O2. The largest absolute Gasteiger partial charge is 0.340 e. The predicted octanol–water partition coefficient (Wildman–Crippen LogP) is 2.08. The third kappa shape index (κ3) is 3.28. The van der Waals surface area contributed by atoms with Crippen molar-refractivity contribution in [3.63, 3.8) is 0 Å². The van der Waals surface area contributed by atoms with Crippen molar-refractivity contribution in [2.24, 2.45) is 5.41 Å². The molecule has 4 heteroatoms. The van der Waals surface area contributed by atoms with Crippen LogP contribution in [0.5, 0.6) is 0 Å². The van der Waals surface area contributed by atoms with Crippen molar-refractivity contribution >= 4 is 11.8 Å². The van der Waals surface area contributed by atoms with Crippen LogP contribution < -0.4 is 5.32 Å². The van der Waals surface area contributed by atoms with Gasteiger partial charge in [-0.3, -0.25) is 9.59 Å². The number of hydrogen-bond donors (Lipinski definition) is 1. The Morgan fingerprint density at radius 3 is 2.37 bits per heavy atom. The maximum Gasteiger partial charge on any atom is 0.248 e. The first-order valence-corrected chi connectivity index (χ1v) is 7.43. The second kappa shape index (κ2) is 5.14. The Morgan fingerprint density at radius 1 is 1.16 bits per heavy atom. The number of carbonyl (C=O) groups excluding carboxylic acids is 2. The standard InChI is InChI=1S/C15H26N2O2/c1-14(2,3)9-10-17-11-12(18)16-15(13(17)19)7-5-4-6-8-15/h4-11H2,1-3H3,(H,16,18). The Morgan fingerprint density at radius 2 is 1.79 bits per heavy atom. The summed E-state index contributed by atoms with van der Waals surface area (Å²) in [6.45, 7) is 7.42. The fourth-order valence-electron chi connectivity index (χ4n) is 3.05. The van der Waals surface area contributed by atoms with Gasteiger partial charge in [0.1, 0.15) is 5.54 Å². The van der Waals surface area contributed by atoms with Crippen molar-refractivity contribution in [2.45, 2.75) is 64.8 Å². The SMILES string of the molecule is CC(C)(C)CCN1CC(=O)NC2(CCCCC2)C1=O. The minimum absolute atomic E-state index is 0.00964. The van der Waals surface area contributed by atoms with Crippen LogP contribution in [0.25, 0.3) is 0 Å². The molecule has 1 N–H and O–H groups in total. The van der Waals surface area contributed by atoms with E-state index in [4.69, 9.17) is 0 Å². The summed E-state index contributed by atoms with van der Waals surface area (Å²) in [6, 6.07) is 0. The highest BCUT2D eigenvalue weighted by Crippen LogP contribution is 2.32. The van der Waals surface area contributed by atoms with E-state index in [1.165, 1.54) is 6.42 Å². The molecule has 0 radical (unpaired) electrons. The molecular weight excluding hydrogens is 240 g/mol. The molecule has 2 amide bonds. The summed E-state index contributed by atoms with van der Waals surface area (Å²) in [5, 5.41) is 2.98. The van der Waals surface area contributed by atoms with Crippen LogP contribution in [-0.2, 0) is 9.59 Å². The summed E-state index contributed by atoms with van der Waals surface area (Å²) >= 11 is 0. The van der Waals surface area contributed by atoms with Crippen LogP contribution in [0.1, 0.15) is 59.3 Å². The smallest absolute Gasteiger partial charge is 0.248 e. The highest BCUT2D eigenvalue weighted by molar-refractivity contribution is 5.98. The van der Waals surface area contributed by atoms with Gasteiger partial charge >= 0.3 is 0 Å². The van der Waals surface area contributed by atoms with Crippen LogP contribution in [0.15, 0.2) is 0 Å². The van der Waals surface area contributed by atoms with Gasteiger partial charge < -0.3 is 10.2 Å². The summed E-state index contributed by atoms with van der Waals surface area (Å²) in [5.74, 6) is 0.159.